The van der Waals surface area contributed by atoms with Gasteiger partial charge >= 0.3 is 6.09 Å². The maximum Gasteiger partial charge on any atom is 0.411 e. The van der Waals surface area contributed by atoms with Gasteiger partial charge in [0.05, 0.1) is 18.8 Å². The van der Waals surface area contributed by atoms with Gasteiger partial charge in [-0.15, -0.1) is 0 Å². The standard InChI is InChI=1S/C22H20BrN3O3/c1-29-22(28)25-18-10-7-16(8-11-18)21(27)26-20(13-15-5-3-2-4-6-15)19-12-9-17(23)14-24-19/h2-12,14,20H,13H2,1H3,(H,25,28)(H,26,27). The third-order valence-electron chi connectivity index (χ3n) is 4.27. The van der Waals surface area contributed by atoms with Crippen molar-refractivity contribution in [2.24, 2.45) is 0 Å². The van der Waals surface area contributed by atoms with Crippen LogP contribution in [0.2, 0.25) is 0 Å². The lowest BCUT2D eigenvalue weighted by Crippen LogP contribution is -2.30. The molecule has 3 rings (SSSR count). The van der Waals surface area contributed by atoms with E-state index in [-0.39, 0.29) is 11.9 Å². The van der Waals surface area contributed by atoms with Crippen LogP contribution in [0.3, 0.4) is 0 Å². The molecule has 3 aromatic rings. The number of carbonyl (C=O) groups is 2. The molecule has 1 unspecified atom stereocenters. The van der Waals surface area contributed by atoms with Gasteiger partial charge in [-0.1, -0.05) is 30.3 Å². The predicted molar refractivity (Wildman–Crippen MR) is 115 cm³/mol. The fourth-order valence-electron chi connectivity index (χ4n) is 2.79. The minimum Gasteiger partial charge on any atom is -0.453 e. The van der Waals surface area contributed by atoms with Gasteiger partial charge in [0.2, 0.25) is 0 Å². The summed E-state index contributed by atoms with van der Waals surface area (Å²) in [7, 11) is 1.29. The summed E-state index contributed by atoms with van der Waals surface area (Å²) in [6.07, 6.45) is 1.77. The lowest BCUT2D eigenvalue weighted by molar-refractivity contribution is 0.0935. The third-order valence-corrected chi connectivity index (χ3v) is 4.74. The van der Waals surface area contributed by atoms with Crippen LogP contribution in [0.5, 0.6) is 0 Å². The van der Waals surface area contributed by atoms with Crippen molar-refractivity contribution in [1.29, 1.82) is 0 Å². The van der Waals surface area contributed by atoms with Gasteiger partial charge in [0.25, 0.3) is 5.91 Å². The van der Waals surface area contributed by atoms with Crippen LogP contribution in [-0.2, 0) is 11.2 Å². The van der Waals surface area contributed by atoms with Crippen molar-refractivity contribution in [3.8, 4) is 0 Å². The van der Waals surface area contributed by atoms with E-state index in [0.717, 1.165) is 15.7 Å². The molecular weight excluding hydrogens is 434 g/mol. The zero-order valence-electron chi connectivity index (χ0n) is 15.8. The van der Waals surface area contributed by atoms with Crippen molar-refractivity contribution in [2.75, 3.05) is 12.4 Å². The SMILES string of the molecule is COC(=O)Nc1ccc(C(=O)NC(Cc2ccccc2)c2ccc(Br)cn2)cc1. The summed E-state index contributed by atoms with van der Waals surface area (Å²) in [6, 6.07) is 20.0. The fraction of sp³-hybridized carbons (Fsp3) is 0.136. The Bertz CT molecular complexity index is 961. The number of amides is 2. The van der Waals surface area contributed by atoms with Crippen LogP contribution >= 0.6 is 15.9 Å². The molecule has 2 N–H and O–H groups in total. The first-order valence-corrected chi connectivity index (χ1v) is 9.75. The second kappa shape index (κ2) is 9.84. The number of nitrogens with one attached hydrogen (secondary N) is 2. The molecule has 0 aliphatic rings. The number of methoxy groups -OCH3 is 1. The Kier molecular flexibility index (Phi) is 6.97. The summed E-state index contributed by atoms with van der Waals surface area (Å²) >= 11 is 3.39. The lowest BCUT2D eigenvalue weighted by Gasteiger charge is -2.19. The second-order valence-corrected chi connectivity index (χ2v) is 7.23. The first-order chi connectivity index (χ1) is 14.0. The van der Waals surface area contributed by atoms with Gasteiger partial charge in [-0.3, -0.25) is 15.1 Å². The summed E-state index contributed by atoms with van der Waals surface area (Å²) in [5.41, 5.74) is 2.90. The summed E-state index contributed by atoms with van der Waals surface area (Å²) < 4.78 is 5.43. The number of aromatic nitrogens is 1. The highest BCUT2D eigenvalue weighted by Gasteiger charge is 2.18. The van der Waals surface area contributed by atoms with Gasteiger partial charge in [-0.2, -0.15) is 0 Å². The normalized spacial score (nSPS) is 11.4. The van der Waals surface area contributed by atoms with E-state index in [4.69, 9.17) is 0 Å². The van der Waals surface area contributed by atoms with Crippen molar-refractivity contribution in [3.63, 3.8) is 0 Å². The van der Waals surface area contributed by atoms with Gasteiger partial charge < -0.3 is 10.1 Å². The summed E-state index contributed by atoms with van der Waals surface area (Å²) in [4.78, 5) is 28.5. The fourth-order valence-corrected chi connectivity index (χ4v) is 3.02. The monoisotopic (exact) mass is 453 g/mol. The smallest absolute Gasteiger partial charge is 0.411 e. The van der Waals surface area contributed by atoms with E-state index in [9.17, 15) is 9.59 Å². The Morgan fingerprint density at radius 2 is 1.76 bits per heavy atom. The number of carbonyl (C=O) groups excluding carboxylic acids is 2. The molecule has 0 radical (unpaired) electrons. The zero-order chi connectivity index (χ0) is 20.6. The van der Waals surface area contributed by atoms with Crippen LogP contribution in [-0.4, -0.2) is 24.1 Å². The minimum absolute atomic E-state index is 0.222. The highest BCUT2D eigenvalue weighted by molar-refractivity contribution is 9.10. The molecule has 1 atom stereocenters. The van der Waals surface area contributed by atoms with Crippen LogP contribution in [0.15, 0.2) is 77.4 Å². The van der Waals surface area contributed by atoms with Crippen LogP contribution in [0, 0.1) is 0 Å². The molecule has 0 aliphatic carbocycles. The average molecular weight is 454 g/mol. The molecule has 2 aromatic carbocycles. The van der Waals surface area contributed by atoms with E-state index < -0.39 is 6.09 Å². The molecule has 29 heavy (non-hydrogen) atoms. The summed E-state index contributed by atoms with van der Waals surface area (Å²) in [5, 5.41) is 5.62. The van der Waals surface area contributed by atoms with Crippen molar-refractivity contribution >= 4 is 33.6 Å². The molecule has 2 amide bonds. The summed E-state index contributed by atoms with van der Waals surface area (Å²) in [5.74, 6) is -0.222. The van der Waals surface area contributed by atoms with Gasteiger partial charge in [-0.05, 0) is 64.3 Å². The quantitative estimate of drug-likeness (QED) is 0.564. The van der Waals surface area contributed by atoms with Gasteiger partial charge in [0, 0.05) is 21.9 Å². The number of anilines is 1. The van der Waals surface area contributed by atoms with Crippen molar-refractivity contribution < 1.29 is 14.3 Å². The van der Waals surface area contributed by atoms with E-state index in [1.165, 1.54) is 7.11 Å². The molecule has 1 aromatic heterocycles. The number of hydrogen-bond acceptors (Lipinski definition) is 4. The molecule has 0 saturated carbocycles. The minimum atomic E-state index is -0.563. The topological polar surface area (TPSA) is 80.3 Å². The second-order valence-electron chi connectivity index (χ2n) is 6.31. The molecule has 0 saturated heterocycles. The average Bonchev–Trinajstić information content (AvgIpc) is 2.75. The Balaban J connectivity index is 1.76. The van der Waals surface area contributed by atoms with Crippen LogP contribution in [0.1, 0.15) is 27.7 Å². The van der Waals surface area contributed by atoms with Crippen molar-refractivity contribution in [2.45, 2.75) is 12.5 Å². The first kappa shape index (κ1) is 20.5. The van der Waals surface area contributed by atoms with Crippen molar-refractivity contribution in [1.82, 2.24) is 10.3 Å². The van der Waals surface area contributed by atoms with Gasteiger partial charge in [0.1, 0.15) is 0 Å². The van der Waals surface area contributed by atoms with E-state index in [2.05, 4.69) is 36.3 Å². The third kappa shape index (κ3) is 5.89. The highest BCUT2D eigenvalue weighted by Crippen LogP contribution is 2.20. The molecular formula is C22H20BrN3O3. The van der Waals surface area contributed by atoms with Crippen LogP contribution in [0.4, 0.5) is 10.5 Å². The Morgan fingerprint density at radius 1 is 1.03 bits per heavy atom. The molecule has 148 valence electrons. The molecule has 0 fully saturated rings. The van der Waals surface area contributed by atoms with E-state index in [1.807, 2.05) is 42.5 Å². The Morgan fingerprint density at radius 3 is 2.38 bits per heavy atom. The largest absolute Gasteiger partial charge is 0.453 e. The van der Waals surface area contributed by atoms with Crippen molar-refractivity contribution in [3.05, 3.63) is 94.2 Å². The van der Waals surface area contributed by atoms with Gasteiger partial charge in [-0.25, -0.2) is 4.79 Å². The molecule has 1 heterocycles. The molecule has 0 bridgehead atoms. The van der Waals surface area contributed by atoms with Gasteiger partial charge in [0.15, 0.2) is 0 Å². The molecule has 0 spiro atoms. The highest BCUT2D eigenvalue weighted by atomic mass is 79.9. The number of benzene rings is 2. The number of halogens is 1. The maximum atomic E-state index is 12.8. The number of hydrogen-bond donors (Lipinski definition) is 2. The number of pyridine rings is 1. The Labute approximate surface area is 177 Å². The predicted octanol–water partition coefficient (Wildman–Crippen LogP) is 4.74. The maximum absolute atomic E-state index is 12.8. The molecule has 6 nitrogen and oxygen atoms in total. The number of nitrogens with zero attached hydrogens (tertiary/aromatic N) is 1. The lowest BCUT2D eigenvalue weighted by atomic mass is 10.0. The molecule has 0 aliphatic heterocycles. The van der Waals surface area contributed by atoms with Crippen LogP contribution < -0.4 is 10.6 Å². The zero-order valence-corrected chi connectivity index (χ0v) is 17.3. The van der Waals surface area contributed by atoms with E-state index >= 15 is 0 Å². The van der Waals surface area contributed by atoms with E-state index in [0.29, 0.717) is 17.7 Å². The first-order valence-electron chi connectivity index (χ1n) is 8.96. The van der Waals surface area contributed by atoms with Crippen LogP contribution in [0.25, 0.3) is 0 Å². The molecule has 7 heteroatoms. The van der Waals surface area contributed by atoms with E-state index in [1.54, 1.807) is 30.5 Å². The number of ether oxygens (including phenoxy) is 1. The Hall–Kier alpha value is -3.19. The summed E-state index contributed by atoms with van der Waals surface area (Å²) in [6.45, 7) is 0. The number of rotatable bonds is 6.